The molecule has 4 rings (SSSR count). The SMILES string of the molecule is Cc1cncnc1-c1cc(=O)[nH]c(N2CCO[C@@H](c3ccc(NC(=O)O)cc3)C2)n1. The summed E-state index contributed by atoms with van der Waals surface area (Å²) in [5, 5.41) is 11.1. The summed E-state index contributed by atoms with van der Waals surface area (Å²) in [6, 6.07) is 8.42. The van der Waals surface area contributed by atoms with Crippen molar-refractivity contribution in [1.29, 1.82) is 0 Å². The maximum absolute atomic E-state index is 12.3. The van der Waals surface area contributed by atoms with Crippen LogP contribution in [-0.2, 0) is 4.74 Å². The normalized spacial score (nSPS) is 16.3. The number of benzene rings is 1. The second-order valence-electron chi connectivity index (χ2n) is 6.87. The molecule has 3 heterocycles. The van der Waals surface area contributed by atoms with Crippen LogP contribution in [0.4, 0.5) is 16.4 Å². The lowest BCUT2D eigenvalue weighted by molar-refractivity contribution is 0.0392. The molecule has 1 atom stereocenters. The number of aryl methyl sites for hydroxylation is 1. The van der Waals surface area contributed by atoms with Crippen molar-refractivity contribution in [2.45, 2.75) is 13.0 Å². The lowest BCUT2D eigenvalue weighted by Gasteiger charge is -2.33. The first kappa shape index (κ1) is 19.5. The third-order valence-electron chi connectivity index (χ3n) is 4.77. The van der Waals surface area contributed by atoms with Crippen LogP contribution in [0.2, 0.25) is 0 Å². The number of H-pyrrole nitrogens is 1. The molecular weight excluding hydrogens is 388 g/mol. The van der Waals surface area contributed by atoms with Crippen molar-refractivity contribution in [3.63, 3.8) is 0 Å². The van der Waals surface area contributed by atoms with E-state index in [2.05, 4.69) is 25.3 Å². The number of aromatic nitrogens is 4. The summed E-state index contributed by atoms with van der Waals surface area (Å²) < 4.78 is 5.88. The number of rotatable bonds is 4. The molecule has 1 aliphatic rings. The van der Waals surface area contributed by atoms with Crippen molar-refractivity contribution in [3.8, 4) is 11.4 Å². The number of morpholine rings is 1. The zero-order chi connectivity index (χ0) is 21.1. The van der Waals surface area contributed by atoms with Gasteiger partial charge in [0.25, 0.3) is 5.56 Å². The van der Waals surface area contributed by atoms with Crippen LogP contribution in [0.3, 0.4) is 0 Å². The average molecular weight is 408 g/mol. The van der Waals surface area contributed by atoms with Crippen molar-refractivity contribution in [3.05, 3.63) is 64.3 Å². The number of nitrogens with one attached hydrogen (secondary N) is 2. The van der Waals surface area contributed by atoms with Crippen LogP contribution in [0.1, 0.15) is 17.2 Å². The Morgan fingerprint density at radius 2 is 2.13 bits per heavy atom. The summed E-state index contributed by atoms with van der Waals surface area (Å²) in [5.74, 6) is 0.452. The fourth-order valence-electron chi connectivity index (χ4n) is 3.33. The molecule has 0 unspecified atom stereocenters. The molecule has 0 spiro atoms. The lowest BCUT2D eigenvalue weighted by Crippen LogP contribution is -2.40. The van der Waals surface area contributed by atoms with Gasteiger partial charge in [-0.3, -0.25) is 15.1 Å². The number of anilines is 2. The molecule has 1 saturated heterocycles. The van der Waals surface area contributed by atoms with E-state index in [4.69, 9.17) is 9.84 Å². The number of hydrogen-bond acceptors (Lipinski definition) is 7. The predicted octanol–water partition coefficient (Wildman–Crippen LogP) is 2.20. The molecule has 154 valence electrons. The molecule has 10 nitrogen and oxygen atoms in total. The van der Waals surface area contributed by atoms with Crippen molar-refractivity contribution in [2.75, 3.05) is 29.9 Å². The second kappa shape index (κ2) is 8.29. The van der Waals surface area contributed by atoms with E-state index in [9.17, 15) is 9.59 Å². The quantitative estimate of drug-likeness (QED) is 0.598. The first-order valence-electron chi connectivity index (χ1n) is 9.34. The van der Waals surface area contributed by atoms with E-state index in [1.807, 2.05) is 24.0 Å². The summed E-state index contributed by atoms with van der Waals surface area (Å²) in [4.78, 5) is 40.6. The summed E-state index contributed by atoms with van der Waals surface area (Å²) in [7, 11) is 0. The molecule has 0 saturated carbocycles. The predicted molar refractivity (Wildman–Crippen MR) is 110 cm³/mol. The van der Waals surface area contributed by atoms with Crippen molar-refractivity contribution in [1.82, 2.24) is 19.9 Å². The summed E-state index contributed by atoms with van der Waals surface area (Å²) in [5.41, 5.74) is 3.06. The topological polar surface area (TPSA) is 133 Å². The molecule has 0 radical (unpaired) electrons. The van der Waals surface area contributed by atoms with E-state index in [0.29, 0.717) is 42.7 Å². The largest absolute Gasteiger partial charge is 0.465 e. The first-order chi connectivity index (χ1) is 14.5. The molecule has 10 heteroatoms. The van der Waals surface area contributed by atoms with E-state index < -0.39 is 6.09 Å². The molecule has 1 aromatic carbocycles. The third kappa shape index (κ3) is 4.28. The van der Waals surface area contributed by atoms with Gasteiger partial charge in [0.15, 0.2) is 0 Å². The second-order valence-corrected chi connectivity index (χ2v) is 6.87. The Labute approximate surface area is 171 Å². The molecule has 0 aliphatic carbocycles. The fourth-order valence-corrected chi connectivity index (χ4v) is 3.33. The van der Waals surface area contributed by atoms with Crippen LogP contribution >= 0.6 is 0 Å². The molecule has 1 fully saturated rings. The van der Waals surface area contributed by atoms with E-state index in [-0.39, 0.29) is 11.7 Å². The summed E-state index contributed by atoms with van der Waals surface area (Å²) >= 11 is 0. The van der Waals surface area contributed by atoms with Gasteiger partial charge >= 0.3 is 6.09 Å². The number of aromatic amines is 1. The molecule has 2 aromatic heterocycles. The van der Waals surface area contributed by atoms with Gasteiger partial charge in [0, 0.05) is 24.5 Å². The Balaban J connectivity index is 1.57. The van der Waals surface area contributed by atoms with E-state index >= 15 is 0 Å². The van der Waals surface area contributed by atoms with Gasteiger partial charge in [-0.2, -0.15) is 0 Å². The number of carboxylic acid groups (broad SMARTS) is 1. The zero-order valence-corrected chi connectivity index (χ0v) is 16.2. The zero-order valence-electron chi connectivity index (χ0n) is 16.2. The Bertz CT molecular complexity index is 1110. The van der Waals surface area contributed by atoms with Crippen LogP contribution in [0, 0.1) is 6.92 Å². The minimum absolute atomic E-state index is 0.243. The minimum atomic E-state index is -1.11. The van der Waals surface area contributed by atoms with Crippen molar-refractivity contribution >= 4 is 17.7 Å². The molecular formula is C20H20N6O4. The molecule has 1 amide bonds. The Morgan fingerprint density at radius 3 is 2.87 bits per heavy atom. The minimum Gasteiger partial charge on any atom is -0.465 e. The van der Waals surface area contributed by atoms with Gasteiger partial charge in [0.05, 0.1) is 24.5 Å². The van der Waals surface area contributed by atoms with Crippen LogP contribution in [0.5, 0.6) is 0 Å². The standard InChI is InChI=1S/C20H20N6O4/c1-12-9-21-11-22-18(12)15-8-17(27)25-19(24-15)26-6-7-30-16(10-26)13-2-4-14(5-3-13)23-20(28)29/h2-5,8-9,11,16,23H,6-7,10H2,1H3,(H,28,29)(H,24,25,27)/t16-/m1/s1. The summed E-state index contributed by atoms with van der Waals surface area (Å²) in [6.45, 7) is 3.39. The van der Waals surface area contributed by atoms with Crippen LogP contribution < -0.4 is 15.8 Å². The van der Waals surface area contributed by atoms with Crippen molar-refractivity contribution < 1.29 is 14.6 Å². The maximum atomic E-state index is 12.3. The van der Waals surface area contributed by atoms with Gasteiger partial charge in [0.2, 0.25) is 5.95 Å². The number of hydrogen-bond donors (Lipinski definition) is 3. The molecule has 0 bridgehead atoms. The highest BCUT2D eigenvalue weighted by Crippen LogP contribution is 2.26. The van der Waals surface area contributed by atoms with Gasteiger partial charge in [-0.1, -0.05) is 12.1 Å². The first-order valence-corrected chi connectivity index (χ1v) is 9.34. The molecule has 1 aliphatic heterocycles. The van der Waals surface area contributed by atoms with Gasteiger partial charge in [-0.25, -0.2) is 19.7 Å². The van der Waals surface area contributed by atoms with E-state index in [0.717, 1.165) is 11.1 Å². The Hall–Kier alpha value is -3.79. The van der Waals surface area contributed by atoms with Gasteiger partial charge in [-0.05, 0) is 30.2 Å². The van der Waals surface area contributed by atoms with E-state index in [1.54, 1.807) is 18.3 Å². The fraction of sp³-hybridized carbons (Fsp3) is 0.250. The molecule has 3 aromatic rings. The van der Waals surface area contributed by atoms with Gasteiger partial charge in [0.1, 0.15) is 12.4 Å². The highest BCUT2D eigenvalue weighted by atomic mass is 16.5. The average Bonchev–Trinajstić information content (AvgIpc) is 2.74. The smallest absolute Gasteiger partial charge is 0.409 e. The molecule has 3 N–H and O–H groups in total. The van der Waals surface area contributed by atoms with Crippen LogP contribution in [0.15, 0.2) is 47.7 Å². The van der Waals surface area contributed by atoms with E-state index in [1.165, 1.54) is 12.4 Å². The third-order valence-corrected chi connectivity index (χ3v) is 4.77. The number of ether oxygens (including phenoxy) is 1. The number of carbonyl (C=O) groups is 1. The summed E-state index contributed by atoms with van der Waals surface area (Å²) in [6.07, 6.45) is 1.75. The Morgan fingerprint density at radius 1 is 1.33 bits per heavy atom. The number of amides is 1. The van der Waals surface area contributed by atoms with Crippen molar-refractivity contribution in [2.24, 2.45) is 0 Å². The van der Waals surface area contributed by atoms with Gasteiger partial charge in [-0.15, -0.1) is 0 Å². The Kier molecular flexibility index (Phi) is 5.40. The maximum Gasteiger partial charge on any atom is 0.409 e. The van der Waals surface area contributed by atoms with Crippen LogP contribution in [0.25, 0.3) is 11.4 Å². The highest BCUT2D eigenvalue weighted by molar-refractivity contribution is 5.82. The highest BCUT2D eigenvalue weighted by Gasteiger charge is 2.24. The van der Waals surface area contributed by atoms with Gasteiger partial charge < -0.3 is 14.7 Å². The van der Waals surface area contributed by atoms with Crippen LogP contribution in [-0.4, -0.2) is 50.8 Å². The monoisotopic (exact) mass is 408 g/mol. The number of nitrogens with zero attached hydrogens (tertiary/aromatic N) is 4. The molecule has 30 heavy (non-hydrogen) atoms. The lowest BCUT2D eigenvalue weighted by atomic mass is 10.1.